The minimum atomic E-state index is -4.55. The summed E-state index contributed by atoms with van der Waals surface area (Å²) < 4.78 is 38.5. The van der Waals surface area contributed by atoms with E-state index in [4.69, 9.17) is 0 Å². The van der Waals surface area contributed by atoms with E-state index in [9.17, 15) is 22.8 Å². The molecule has 0 aliphatic carbocycles. The van der Waals surface area contributed by atoms with Crippen LogP contribution in [0.25, 0.3) is 10.6 Å². The van der Waals surface area contributed by atoms with Crippen LogP contribution >= 0.6 is 22.7 Å². The summed E-state index contributed by atoms with van der Waals surface area (Å²) >= 11 is 2.67. The molecule has 148 valence electrons. The minimum Gasteiger partial charge on any atom is -0.351 e. The highest BCUT2D eigenvalue weighted by atomic mass is 32.1. The topological polar surface area (TPSA) is 88.9 Å². The number of halogens is 3. The SMILES string of the molecule is CC(=O)NCc1ccc(-c2csc(NC(=O)Cn3ccc(C(F)(F)F)n3)n2)s1. The smallest absolute Gasteiger partial charge is 0.351 e. The number of carbonyl (C=O) groups excluding carboxylic acids is 2. The molecule has 3 heterocycles. The Hall–Kier alpha value is -2.73. The molecule has 3 aromatic rings. The number of hydrogen-bond donors (Lipinski definition) is 2. The molecule has 7 nitrogen and oxygen atoms in total. The Balaban J connectivity index is 1.59. The normalized spacial score (nSPS) is 11.4. The molecule has 0 aromatic carbocycles. The summed E-state index contributed by atoms with van der Waals surface area (Å²) in [5.41, 5.74) is -0.387. The van der Waals surface area contributed by atoms with Crippen LogP contribution in [-0.4, -0.2) is 26.6 Å². The average Bonchev–Trinajstić information content (AvgIpc) is 3.32. The van der Waals surface area contributed by atoms with Crippen LogP contribution in [0.3, 0.4) is 0 Å². The number of amides is 2. The molecular weight excluding hydrogens is 415 g/mol. The van der Waals surface area contributed by atoms with E-state index in [1.807, 2.05) is 12.1 Å². The maximum absolute atomic E-state index is 12.5. The number of nitrogens with one attached hydrogen (secondary N) is 2. The van der Waals surface area contributed by atoms with Gasteiger partial charge in [0.25, 0.3) is 0 Å². The zero-order chi connectivity index (χ0) is 20.3. The monoisotopic (exact) mass is 429 g/mol. The summed E-state index contributed by atoms with van der Waals surface area (Å²) in [7, 11) is 0. The van der Waals surface area contributed by atoms with Crippen molar-refractivity contribution in [2.45, 2.75) is 26.2 Å². The van der Waals surface area contributed by atoms with Gasteiger partial charge in [0.05, 0.1) is 17.1 Å². The Morgan fingerprint density at radius 1 is 1.25 bits per heavy atom. The highest BCUT2D eigenvalue weighted by molar-refractivity contribution is 7.17. The summed E-state index contributed by atoms with van der Waals surface area (Å²) in [5.74, 6) is -0.650. The Bertz CT molecular complexity index is 992. The zero-order valence-corrected chi connectivity index (χ0v) is 16.0. The molecule has 2 amide bonds. The number of thiazole rings is 1. The highest BCUT2D eigenvalue weighted by Crippen LogP contribution is 2.31. The van der Waals surface area contributed by atoms with E-state index >= 15 is 0 Å². The molecule has 28 heavy (non-hydrogen) atoms. The van der Waals surface area contributed by atoms with E-state index < -0.39 is 17.8 Å². The van der Waals surface area contributed by atoms with Gasteiger partial charge in [-0.05, 0) is 18.2 Å². The second kappa shape index (κ2) is 8.10. The van der Waals surface area contributed by atoms with Crippen molar-refractivity contribution < 1.29 is 22.8 Å². The lowest BCUT2D eigenvalue weighted by molar-refractivity contribution is -0.141. The number of nitrogens with zero attached hydrogens (tertiary/aromatic N) is 3. The van der Waals surface area contributed by atoms with Crippen LogP contribution in [0.15, 0.2) is 29.8 Å². The lowest BCUT2D eigenvalue weighted by Gasteiger charge is -2.03. The first-order valence-electron chi connectivity index (χ1n) is 7.90. The fraction of sp³-hybridized carbons (Fsp3) is 0.250. The van der Waals surface area contributed by atoms with Crippen LogP contribution in [0.2, 0.25) is 0 Å². The summed E-state index contributed by atoms with van der Waals surface area (Å²) in [5, 5.41) is 10.7. The van der Waals surface area contributed by atoms with Crippen molar-refractivity contribution in [2.24, 2.45) is 0 Å². The fourth-order valence-electron chi connectivity index (χ4n) is 2.17. The van der Waals surface area contributed by atoms with Gasteiger partial charge in [0.15, 0.2) is 10.8 Å². The Kier molecular flexibility index (Phi) is 5.79. The van der Waals surface area contributed by atoms with Gasteiger partial charge in [-0.1, -0.05) is 0 Å². The lowest BCUT2D eigenvalue weighted by Crippen LogP contribution is -2.19. The fourth-order valence-corrected chi connectivity index (χ4v) is 3.88. The molecule has 0 bridgehead atoms. The molecule has 0 aliphatic heterocycles. The van der Waals surface area contributed by atoms with Crippen molar-refractivity contribution in [3.63, 3.8) is 0 Å². The van der Waals surface area contributed by atoms with Crippen molar-refractivity contribution in [1.82, 2.24) is 20.1 Å². The van der Waals surface area contributed by atoms with E-state index in [0.29, 0.717) is 17.4 Å². The van der Waals surface area contributed by atoms with E-state index in [-0.39, 0.29) is 12.5 Å². The molecule has 3 rings (SSSR count). The molecule has 0 unspecified atom stereocenters. The largest absolute Gasteiger partial charge is 0.435 e. The highest BCUT2D eigenvalue weighted by Gasteiger charge is 2.33. The zero-order valence-electron chi connectivity index (χ0n) is 14.4. The van der Waals surface area contributed by atoms with Crippen LogP contribution in [0, 0.1) is 0 Å². The van der Waals surface area contributed by atoms with Crippen molar-refractivity contribution in [1.29, 1.82) is 0 Å². The van der Waals surface area contributed by atoms with Gasteiger partial charge in [0.1, 0.15) is 6.54 Å². The van der Waals surface area contributed by atoms with Gasteiger partial charge in [-0.3, -0.25) is 14.3 Å². The number of alkyl halides is 3. The quantitative estimate of drug-likeness (QED) is 0.629. The Morgan fingerprint density at radius 2 is 2.04 bits per heavy atom. The number of aromatic nitrogens is 3. The molecular formula is C16H14F3N5O2S2. The molecule has 0 aliphatic rings. The van der Waals surface area contributed by atoms with Crippen LogP contribution in [-0.2, 0) is 28.9 Å². The summed E-state index contributed by atoms with van der Waals surface area (Å²) in [6.07, 6.45) is -3.45. The third-order valence-electron chi connectivity index (χ3n) is 3.41. The van der Waals surface area contributed by atoms with E-state index in [0.717, 1.165) is 26.7 Å². The Labute approximate surface area is 165 Å². The van der Waals surface area contributed by atoms with E-state index in [1.54, 1.807) is 5.38 Å². The molecule has 0 saturated heterocycles. The minimum absolute atomic E-state index is 0.117. The Morgan fingerprint density at radius 3 is 2.71 bits per heavy atom. The van der Waals surface area contributed by atoms with Crippen LogP contribution in [0.1, 0.15) is 17.5 Å². The summed E-state index contributed by atoms with van der Waals surface area (Å²) in [4.78, 5) is 29.1. The third kappa shape index (κ3) is 5.16. The molecule has 0 fully saturated rings. The van der Waals surface area contributed by atoms with Gasteiger partial charge in [-0.2, -0.15) is 18.3 Å². The van der Waals surface area contributed by atoms with Crippen LogP contribution in [0.4, 0.5) is 18.3 Å². The molecule has 0 radical (unpaired) electrons. The van der Waals surface area contributed by atoms with E-state index in [1.165, 1.54) is 29.6 Å². The molecule has 3 aromatic heterocycles. The van der Waals surface area contributed by atoms with E-state index in [2.05, 4.69) is 20.7 Å². The summed E-state index contributed by atoms with van der Waals surface area (Å²) in [6.45, 7) is 1.51. The van der Waals surface area contributed by atoms with Crippen molar-refractivity contribution >= 4 is 39.6 Å². The molecule has 0 saturated carbocycles. The predicted octanol–water partition coefficient (Wildman–Crippen LogP) is 3.36. The molecule has 0 atom stereocenters. The lowest BCUT2D eigenvalue weighted by atomic mass is 10.3. The molecule has 12 heteroatoms. The number of rotatable bonds is 6. The third-order valence-corrected chi connectivity index (χ3v) is 5.28. The van der Waals surface area contributed by atoms with Crippen molar-refractivity contribution in [3.8, 4) is 10.6 Å². The number of hydrogen-bond acceptors (Lipinski definition) is 6. The standard InChI is InChI=1S/C16H14F3N5O2S2/c1-9(25)20-6-10-2-3-12(28-10)11-8-27-15(21-11)22-14(26)7-24-5-4-13(23-24)16(17,18)19/h2-5,8H,6-7H2,1H3,(H,20,25)(H,21,22,26). The maximum atomic E-state index is 12.5. The summed E-state index contributed by atoms with van der Waals surface area (Å²) in [6, 6.07) is 4.55. The first kappa shape index (κ1) is 20.0. The number of thiophene rings is 1. The number of carbonyl (C=O) groups is 2. The maximum Gasteiger partial charge on any atom is 0.435 e. The number of anilines is 1. The van der Waals surface area contributed by atoms with Gasteiger partial charge in [0.2, 0.25) is 11.8 Å². The van der Waals surface area contributed by atoms with Gasteiger partial charge < -0.3 is 10.6 Å². The van der Waals surface area contributed by atoms with Gasteiger partial charge in [0, 0.05) is 23.4 Å². The van der Waals surface area contributed by atoms with Crippen molar-refractivity contribution in [3.05, 3.63) is 40.3 Å². The average molecular weight is 429 g/mol. The van der Waals surface area contributed by atoms with Gasteiger partial charge in [-0.15, -0.1) is 22.7 Å². The molecule has 0 spiro atoms. The van der Waals surface area contributed by atoms with Gasteiger partial charge in [-0.25, -0.2) is 4.98 Å². The molecule has 2 N–H and O–H groups in total. The van der Waals surface area contributed by atoms with Crippen molar-refractivity contribution in [2.75, 3.05) is 5.32 Å². The predicted molar refractivity (Wildman–Crippen MR) is 98.8 cm³/mol. The first-order chi connectivity index (χ1) is 13.2. The van der Waals surface area contributed by atoms with Gasteiger partial charge >= 0.3 is 6.18 Å². The van der Waals surface area contributed by atoms with Crippen LogP contribution in [0.5, 0.6) is 0 Å². The second-order valence-corrected chi connectivity index (χ2v) is 7.68. The second-order valence-electron chi connectivity index (χ2n) is 5.66. The van der Waals surface area contributed by atoms with Crippen LogP contribution < -0.4 is 10.6 Å². The first-order valence-corrected chi connectivity index (χ1v) is 9.60.